The first-order chi connectivity index (χ1) is 7.60. The van der Waals surface area contributed by atoms with Crippen LogP contribution in [0.1, 0.15) is 0 Å². The molecule has 0 aliphatic rings. The summed E-state index contributed by atoms with van der Waals surface area (Å²) >= 11 is -0.931. The summed E-state index contributed by atoms with van der Waals surface area (Å²) in [5, 5.41) is 18.8. The van der Waals surface area contributed by atoms with Gasteiger partial charge in [0, 0.05) is 12.1 Å². The third-order valence-corrected chi connectivity index (χ3v) is 1.48. The van der Waals surface area contributed by atoms with Crippen molar-refractivity contribution in [2.75, 3.05) is 7.11 Å². The average molecular weight is 352 g/mol. The molecule has 0 atom stereocenters. The summed E-state index contributed by atoms with van der Waals surface area (Å²) in [4.78, 5) is 12.7. The Morgan fingerprint density at radius 2 is 2.06 bits per heavy atom. The molecule has 10 heteroatoms. The van der Waals surface area contributed by atoms with E-state index in [4.69, 9.17) is 29.5 Å². The third kappa shape index (κ3) is 6.59. The normalized spacial score (nSPS) is 7.41. The monoisotopic (exact) mass is 349 g/mol. The number of hydrogen-bond donors (Lipinski definition) is 0. The molecule has 0 fully saturated rings. The maximum atomic E-state index is 10.3. The van der Waals surface area contributed by atoms with Crippen LogP contribution in [0.25, 0.3) is 4.98 Å². The van der Waals surface area contributed by atoms with E-state index in [0.29, 0.717) is 0 Å². The van der Waals surface area contributed by atoms with Crippen LogP contribution in [0, 0.1) is 15.5 Å². The van der Waals surface area contributed by atoms with Crippen LogP contribution in [0.15, 0.2) is 18.2 Å². The predicted molar refractivity (Wildman–Crippen MR) is 56.1 cm³/mol. The quantitative estimate of drug-likeness (QED) is 0.336. The van der Waals surface area contributed by atoms with Gasteiger partial charge in [-0.25, -0.2) is 0 Å². The number of benzene rings is 1. The van der Waals surface area contributed by atoms with E-state index in [1.54, 1.807) is 0 Å². The fourth-order valence-corrected chi connectivity index (χ4v) is 0.862. The van der Waals surface area contributed by atoms with Crippen molar-refractivity contribution in [1.29, 1.82) is 5.39 Å². The molecular weight excluding hydrogens is 346 g/mol. The molecular formula is C7H6Cl3N3O3Zn. The zero-order valence-corrected chi connectivity index (χ0v) is 13.9. The minimum atomic E-state index is -0.931. The molecule has 1 rings (SSSR count). The van der Waals surface area contributed by atoms with Gasteiger partial charge in [0.05, 0.1) is 18.1 Å². The van der Waals surface area contributed by atoms with Crippen LogP contribution in [0.3, 0.4) is 0 Å². The number of hydrogen-bond acceptors (Lipinski definition) is 4. The van der Waals surface area contributed by atoms with Crippen LogP contribution >= 0.6 is 19.4 Å². The number of diazo groups is 1. The van der Waals surface area contributed by atoms with Gasteiger partial charge < -0.3 is 17.1 Å². The predicted octanol–water partition coefficient (Wildman–Crippen LogP) is 0.468. The molecule has 1 aromatic carbocycles. The van der Waals surface area contributed by atoms with Crippen molar-refractivity contribution in [1.82, 2.24) is 0 Å². The van der Waals surface area contributed by atoms with Crippen LogP contribution in [0.4, 0.5) is 11.4 Å². The topological polar surface area (TPSA) is 80.5 Å². The second kappa shape index (κ2) is 10.5. The van der Waals surface area contributed by atoms with Crippen LogP contribution in [0.2, 0.25) is 0 Å². The number of rotatable bonds is 2. The van der Waals surface area contributed by atoms with Gasteiger partial charge in [0.1, 0.15) is 0 Å². The Hall–Kier alpha value is -0.667. The average Bonchev–Trinajstić information content (AvgIpc) is 2.29. The van der Waals surface area contributed by atoms with Gasteiger partial charge in [-0.3, -0.25) is 10.1 Å². The summed E-state index contributed by atoms with van der Waals surface area (Å²) in [6, 6.07) is 3.73. The van der Waals surface area contributed by atoms with Gasteiger partial charge in [-0.05, 0) is 0 Å². The molecule has 0 saturated carbocycles. The van der Waals surface area contributed by atoms with E-state index >= 15 is 0 Å². The standard InChI is InChI=1S/C7H6N3O3.3ClH.Zn/c1-13-7-4-5(10(11)12)2-3-6(7)9-8;;;;/h2-4H,1H3;3*1H;/q+1;;;;+2/p-3. The Kier molecular flexibility index (Phi) is 11.5. The molecule has 17 heavy (non-hydrogen) atoms. The van der Waals surface area contributed by atoms with E-state index in [2.05, 4.69) is 4.98 Å². The SMILES string of the molecule is COc1cc([N+](=O)[O-])ccc1[N+]#N.[Cl-].[Cl][Zn][Cl]. The molecule has 0 N–H and O–H groups in total. The second-order valence-electron chi connectivity index (χ2n) is 2.31. The van der Waals surface area contributed by atoms with Crippen molar-refractivity contribution in [2.24, 2.45) is 0 Å². The number of nitrogens with zero attached hydrogens (tertiary/aromatic N) is 3. The van der Waals surface area contributed by atoms with Gasteiger partial charge in [0.2, 0.25) is 11.1 Å². The van der Waals surface area contributed by atoms with E-state index in [9.17, 15) is 10.1 Å². The van der Waals surface area contributed by atoms with E-state index in [-0.39, 0.29) is 29.5 Å². The summed E-state index contributed by atoms with van der Waals surface area (Å²) in [7, 11) is 11.2. The molecule has 0 aromatic heterocycles. The van der Waals surface area contributed by atoms with Crippen LogP contribution in [-0.2, 0) is 15.1 Å². The molecule has 6 nitrogen and oxygen atoms in total. The van der Waals surface area contributed by atoms with Crippen molar-refractivity contribution < 1.29 is 37.2 Å². The Morgan fingerprint density at radius 3 is 2.41 bits per heavy atom. The molecule has 0 spiro atoms. The Balaban J connectivity index is 0. The summed E-state index contributed by atoms with van der Waals surface area (Å²) in [5.41, 5.74) is 0.0531. The van der Waals surface area contributed by atoms with Gasteiger partial charge in [-0.1, -0.05) is 0 Å². The summed E-state index contributed by atoms with van der Waals surface area (Å²) in [5.74, 6) is 0.164. The number of nitro benzene ring substituents is 1. The molecule has 0 unspecified atom stereocenters. The van der Waals surface area contributed by atoms with E-state index < -0.39 is 20.1 Å². The number of nitro groups is 1. The first kappa shape index (κ1) is 18.7. The van der Waals surface area contributed by atoms with Crippen molar-refractivity contribution in [3.05, 3.63) is 33.3 Å². The van der Waals surface area contributed by atoms with E-state index in [1.807, 2.05) is 0 Å². The number of halogens is 3. The number of methoxy groups -OCH3 is 1. The van der Waals surface area contributed by atoms with E-state index in [0.717, 1.165) is 0 Å². The van der Waals surface area contributed by atoms with Crippen LogP contribution < -0.4 is 17.1 Å². The minimum absolute atomic E-state index is 0. The second-order valence-corrected chi connectivity index (χ2v) is 6.94. The molecule has 0 amide bonds. The molecule has 90 valence electrons. The van der Waals surface area contributed by atoms with Gasteiger partial charge in [0.25, 0.3) is 5.69 Å². The zero-order valence-electron chi connectivity index (χ0n) is 8.64. The van der Waals surface area contributed by atoms with Gasteiger partial charge in [-0.15, -0.1) is 0 Å². The van der Waals surface area contributed by atoms with Gasteiger partial charge in [0.15, 0.2) is 4.98 Å². The fraction of sp³-hybridized carbons (Fsp3) is 0.143. The molecule has 0 aliphatic carbocycles. The Labute approximate surface area is 119 Å². The Bertz CT molecular complexity index is 413. The maximum absolute atomic E-state index is 10.3. The van der Waals surface area contributed by atoms with Gasteiger partial charge in [-0.2, -0.15) is 0 Å². The molecule has 0 aliphatic heterocycles. The Morgan fingerprint density at radius 1 is 1.53 bits per heavy atom. The summed E-state index contributed by atoms with van der Waals surface area (Å²) in [6.07, 6.45) is 0. The van der Waals surface area contributed by atoms with Crippen LogP contribution in [0.5, 0.6) is 5.75 Å². The first-order valence-corrected chi connectivity index (χ1v) is 11.7. The number of non-ortho nitro benzene ring substituents is 1. The van der Waals surface area contributed by atoms with Crippen molar-refractivity contribution >= 4 is 30.8 Å². The zero-order chi connectivity index (χ0) is 12.6. The summed E-state index contributed by atoms with van der Waals surface area (Å²) < 4.78 is 4.77. The molecule has 0 saturated heterocycles. The van der Waals surface area contributed by atoms with Crippen LogP contribution in [-0.4, -0.2) is 12.0 Å². The fourth-order valence-electron chi connectivity index (χ4n) is 0.862. The van der Waals surface area contributed by atoms with E-state index in [1.165, 1.54) is 25.3 Å². The summed E-state index contributed by atoms with van der Waals surface area (Å²) in [6.45, 7) is 0. The molecule has 0 bridgehead atoms. The van der Waals surface area contributed by atoms with Crippen molar-refractivity contribution in [3.63, 3.8) is 0 Å². The van der Waals surface area contributed by atoms with Crippen molar-refractivity contribution in [3.8, 4) is 5.75 Å². The molecule has 1 aromatic rings. The number of ether oxygens (including phenoxy) is 1. The van der Waals surface area contributed by atoms with Crippen molar-refractivity contribution in [2.45, 2.75) is 0 Å². The first-order valence-electron chi connectivity index (χ1n) is 3.90. The molecule has 0 radical (unpaired) electrons. The molecule has 0 heterocycles. The van der Waals surface area contributed by atoms with Gasteiger partial charge >= 0.3 is 40.2 Å². The third-order valence-electron chi connectivity index (χ3n) is 1.48.